The molecule has 0 bridgehead atoms. The van der Waals surface area contributed by atoms with Crippen LogP contribution in [0, 0.1) is 30.6 Å². The molecule has 0 spiro atoms. The number of aromatic nitrogens is 2. The van der Waals surface area contributed by atoms with Crippen LogP contribution in [0.15, 0.2) is 77.6 Å². The van der Waals surface area contributed by atoms with Crippen LogP contribution in [0.4, 0.5) is 33.7 Å². The average molecular weight is 1120 g/mol. The van der Waals surface area contributed by atoms with Crippen LogP contribution in [0.25, 0.3) is 21.8 Å². The zero-order valence-electron chi connectivity index (χ0n) is 46.8. The fraction of sp³-hybridized carbons (Fsp3) is 0.508. The fourth-order valence-electron chi connectivity index (χ4n) is 12.3. The van der Waals surface area contributed by atoms with Gasteiger partial charge in [-0.3, -0.25) is 43.4 Å². The highest BCUT2D eigenvalue weighted by Gasteiger charge is 2.51. The fourth-order valence-corrected chi connectivity index (χ4v) is 12.3. The molecule has 16 nitrogen and oxygen atoms in total. The van der Waals surface area contributed by atoms with Gasteiger partial charge in [0.25, 0.3) is 11.8 Å². The van der Waals surface area contributed by atoms with Gasteiger partial charge in [-0.1, -0.05) is 48.2 Å². The minimum atomic E-state index is -3.25. The number of hydrogen-bond acceptors (Lipinski definition) is 10. The molecule has 0 saturated carbocycles. The van der Waals surface area contributed by atoms with E-state index in [1.54, 1.807) is 51.8 Å². The molecule has 430 valence electrons. The molecule has 4 aromatic carbocycles. The molecule has 5 amide bonds. The Balaban J connectivity index is 0.697. The smallest absolute Gasteiger partial charge is 0.410 e. The van der Waals surface area contributed by atoms with E-state index < -0.39 is 71.9 Å². The molecule has 1 aromatic heterocycles. The molecule has 10 rings (SSSR count). The SMILES string of the molecule is Cc1ccc(N[C@H]2CN(C(=O)OC(C)(C)C)CC2(F)F)cc1C(=O)N[C@H](C)c1ccc(C#C[C@@H]2CCN(CC3(F)CCN(C(=O)C4CCN(c5ccc6c(c5)n(C)c(=O)n6C5CCC(=O)NC5=O)CC4)CC3)C[C@@H]2F)c2ccccc12. The molecule has 5 saturated heterocycles. The predicted molar refractivity (Wildman–Crippen MR) is 301 cm³/mol. The normalized spacial score (nSPS) is 23.0. The molecule has 0 aliphatic carbocycles. The number of nitrogens with one attached hydrogen (secondary N) is 3. The first-order valence-electron chi connectivity index (χ1n) is 28.1. The van der Waals surface area contributed by atoms with Crippen LogP contribution in [-0.2, 0) is 26.2 Å². The van der Waals surface area contributed by atoms with E-state index in [4.69, 9.17) is 4.74 Å². The van der Waals surface area contributed by atoms with Crippen LogP contribution < -0.4 is 26.5 Å². The third-order valence-corrected chi connectivity index (χ3v) is 16.9. The maximum atomic E-state index is 16.5. The largest absolute Gasteiger partial charge is 0.444 e. The Morgan fingerprint density at radius 1 is 0.852 bits per heavy atom. The number of ether oxygens (including phenoxy) is 1. The minimum Gasteiger partial charge on any atom is -0.444 e. The van der Waals surface area contributed by atoms with Gasteiger partial charge in [-0.25, -0.2) is 27.2 Å². The standard InChI is InChI=1S/C61H71F4N9O7/c1-37-11-15-42(67-52-34-73(36-61(52,64)65)58(80)81-59(3,4)5)31-47(37)54(76)66-38(2)44-17-14-39(45-9-7-8-10-46(44)45)12-13-40-21-26-70(33-48(40)62)35-60(63)24-29-72(30-25-60)56(78)41-22-27-71(28-23-41)43-16-18-49-51(32-43)69(6)57(79)74(49)50-19-20-53(75)68-55(50)77/h7-11,14-18,31-32,38,40-41,48,50,52,67H,19-30,33-36H2,1-6H3,(H,66,76)(H,68,75,77)/t38-,40-,48+,50?,52+/m1/s1. The second-order valence-electron chi connectivity index (χ2n) is 23.8. The van der Waals surface area contributed by atoms with E-state index in [-0.39, 0.29) is 68.7 Å². The van der Waals surface area contributed by atoms with E-state index in [1.165, 1.54) is 15.2 Å². The van der Waals surface area contributed by atoms with Crippen molar-refractivity contribution in [3.8, 4) is 11.8 Å². The number of likely N-dealkylation sites (tertiary alicyclic amines) is 3. The summed E-state index contributed by atoms with van der Waals surface area (Å²) in [7, 11) is 1.66. The molecule has 81 heavy (non-hydrogen) atoms. The van der Waals surface area contributed by atoms with Gasteiger partial charge < -0.3 is 25.2 Å². The number of imidazole rings is 1. The first-order chi connectivity index (χ1) is 38.4. The van der Waals surface area contributed by atoms with E-state index in [0.717, 1.165) is 26.9 Å². The molecule has 3 N–H and O–H groups in total. The molecule has 5 aromatic rings. The van der Waals surface area contributed by atoms with Crippen LogP contribution in [0.3, 0.4) is 0 Å². The van der Waals surface area contributed by atoms with Gasteiger partial charge in [0, 0.05) is 94.0 Å². The van der Waals surface area contributed by atoms with Crippen molar-refractivity contribution >= 4 is 62.9 Å². The number of carbonyl (C=O) groups is 5. The van der Waals surface area contributed by atoms with Gasteiger partial charge in [-0.05, 0) is 125 Å². The molecule has 5 atom stereocenters. The lowest BCUT2D eigenvalue weighted by atomic mass is 9.88. The van der Waals surface area contributed by atoms with Gasteiger partial charge in [-0.2, -0.15) is 0 Å². The second kappa shape index (κ2) is 22.5. The Hall–Kier alpha value is -7.40. The second-order valence-corrected chi connectivity index (χ2v) is 23.8. The summed E-state index contributed by atoms with van der Waals surface area (Å²) in [6.45, 7) is 10.00. The topological polar surface area (TPSA) is 171 Å². The first kappa shape index (κ1) is 56.9. The summed E-state index contributed by atoms with van der Waals surface area (Å²) < 4.78 is 71.1. The lowest BCUT2D eigenvalue weighted by Crippen LogP contribution is -2.53. The summed E-state index contributed by atoms with van der Waals surface area (Å²) >= 11 is 0. The number of anilines is 2. The Labute approximate surface area is 468 Å². The maximum absolute atomic E-state index is 16.5. The number of benzene rings is 4. The van der Waals surface area contributed by atoms with E-state index in [0.29, 0.717) is 85.4 Å². The zero-order valence-corrected chi connectivity index (χ0v) is 46.8. The third-order valence-electron chi connectivity index (χ3n) is 16.9. The average Bonchev–Trinajstić information content (AvgIpc) is 4.10. The predicted octanol–water partition coefficient (Wildman–Crippen LogP) is 8.20. The molecule has 5 aliphatic rings. The Bertz CT molecular complexity index is 3400. The van der Waals surface area contributed by atoms with Gasteiger partial charge in [-0.15, -0.1) is 0 Å². The van der Waals surface area contributed by atoms with Gasteiger partial charge in [0.05, 0.1) is 36.1 Å². The third kappa shape index (κ3) is 12.1. The number of amides is 5. The zero-order chi connectivity index (χ0) is 57.7. The van der Waals surface area contributed by atoms with Crippen LogP contribution in [0.2, 0.25) is 0 Å². The van der Waals surface area contributed by atoms with Crippen LogP contribution in [-0.4, -0.2) is 142 Å². The number of hydrogen-bond donors (Lipinski definition) is 3. The summed E-state index contributed by atoms with van der Waals surface area (Å²) in [6.07, 6.45) is 0.304. The molecule has 5 aliphatic heterocycles. The number of fused-ring (bicyclic) bond motifs is 2. The number of aryl methyl sites for hydroxylation is 2. The van der Waals surface area contributed by atoms with E-state index >= 15 is 17.6 Å². The lowest BCUT2D eigenvalue weighted by Gasteiger charge is -2.42. The number of halogens is 4. The van der Waals surface area contributed by atoms with Crippen molar-refractivity contribution in [1.29, 1.82) is 0 Å². The Morgan fingerprint density at radius 2 is 1.58 bits per heavy atom. The number of rotatable bonds is 10. The van der Waals surface area contributed by atoms with Crippen molar-refractivity contribution < 1.29 is 46.3 Å². The molecule has 0 radical (unpaired) electrons. The summed E-state index contributed by atoms with van der Waals surface area (Å²) in [4.78, 5) is 84.7. The molecular formula is C61H71F4N9O7. The number of carbonyl (C=O) groups excluding carboxylic acids is 5. The van der Waals surface area contributed by atoms with E-state index in [9.17, 15) is 28.8 Å². The number of imide groups is 1. The summed E-state index contributed by atoms with van der Waals surface area (Å²) in [6, 6.07) is 19.3. The first-order valence-corrected chi connectivity index (χ1v) is 28.1. The van der Waals surface area contributed by atoms with Gasteiger partial charge in [0.15, 0.2) is 0 Å². The Kier molecular flexibility index (Phi) is 15.8. The van der Waals surface area contributed by atoms with Crippen molar-refractivity contribution in [3.05, 3.63) is 106 Å². The van der Waals surface area contributed by atoms with Crippen molar-refractivity contribution in [3.63, 3.8) is 0 Å². The molecule has 1 unspecified atom stereocenters. The van der Waals surface area contributed by atoms with Crippen LogP contribution in [0.5, 0.6) is 0 Å². The Morgan fingerprint density at radius 3 is 2.28 bits per heavy atom. The quantitative estimate of drug-likeness (QED) is 0.0704. The highest BCUT2D eigenvalue weighted by Crippen LogP contribution is 2.36. The lowest BCUT2D eigenvalue weighted by molar-refractivity contribution is -0.139. The maximum Gasteiger partial charge on any atom is 0.410 e. The minimum absolute atomic E-state index is 0.0283. The molecule has 5 fully saturated rings. The van der Waals surface area contributed by atoms with Crippen molar-refractivity contribution in [2.75, 3.05) is 69.1 Å². The summed E-state index contributed by atoms with van der Waals surface area (Å²) in [5, 5.41) is 9.94. The van der Waals surface area contributed by atoms with Crippen molar-refractivity contribution in [2.24, 2.45) is 18.9 Å². The van der Waals surface area contributed by atoms with Gasteiger partial charge in [0.2, 0.25) is 17.7 Å². The molecule has 6 heterocycles. The van der Waals surface area contributed by atoms with Crippen LogP contribution >= 0.6 is 0 Å². The van der Waals surface area contributed by atoms with Crippen LogP contribution in [0.1, 0.15) is 112 Å². The molecule has 20 heteroatoms. The number of alkyl halides is 4. The van der Waals surface area contributed by atoms with E-state index in [1.807, 2.05) is 66.4 Å². The summed E-state index contributed by atoms with van der Waals surface area (Å²) in [5.41, 5.74) is 2.21. The highest BCUT2D eigenvalue weighted by molar-refractivity contribution is 6.00. The van der Waals surface area contributed by atoms with Gasteiger partial charge >= 0.3 is 11.8 Å². The highest BCUT2D eigenvalue weighted by atomic mass is 19.3. The molecular weight excluding hydrogens is 1050 g/mol. The van der Waals surface area contributed by atoms with E-state index in [2.05, 4.69) is 32.7 Å². The summed E-state index contributed by atoms with van der Waals surface area (Å²) in [5.74, 6) is 1.22. The van der Waals surface area contributed by atoms with Gasteiger partial charge in [0.1, 0.15) is 29.5 Å². The number of piperidine rings is 4. The van der Waals surface area contributed by atoms with Crippen molar-refractivity contribution in [1.82, 2.24) is 34.5 Å². The number of nitrogens with zero attached hydrogens (tertiary/aromatic N) is 6. The monoisotopic (exact) mass is 1120 g/mol. The van der Waals surface area contributed by atoms with Crippen molar-refractivity contribution in [2.45, 2.75) is 121 Å².